The van der Waals surface area contributed by atoms with Crippen molar-refractivity contribution in [3.05, 3.63) is 77.4 Å². The Morgan fingerprint density at radius 1 is 0.909 bits per heavy atom. The molecule has 1 fully saturated rings. The topological polar surface area (TPSA) is 49.3 Å². The van der Waals surface area contributed by atoms with Crippen molar-refractivity contribution < 1.29 is 4.79 Å². The van der Waals surface area contributed by atoms with E-state index in [2.05, 4.69) is 68.7 Å². The van der Waals surface area contributed by atoms with Crippen molar-refractivity contribution in [3.8, 4) is 11.1 Å². The van der Waals surface area contributed by atoms with Crippen molar-refractivity contribution in [3.63, 3.8) is 0 Å². The van der Waals surface area contributed by atoms with E-state index in [0.29, 0.717) is 5.91 Å². The summed E-state index contributed by atoms with van der Waals surface area (Å²) in [4.78, 5) is 28.0. The fourth-order valence-electron chi connectivity index (χ4n) is 5.21. The number of carbonyl (C=O) groups excluding carboxylic acids is 1. The van der Waals surface area contributed by atoms with E-state index in [4.69, 9.17) is 4.98 Å². The van der Waals surface area contributed by atoms with Gasteiger partial charge in [0.05, 0.1) is 5.39 Å². The SMILES string of the molecule is O=C(C1CCN(c2ncnc3scc(-c4ccccc4)c23)CC1)N1CCc2ccccc2C1. The van der Waals surface area contributed by atoms with Gasteiger partial charge in [-0.25, -0.2) is 9.97 Å². The minimum atomic E-state index is 0.0971. The highest BCUT2D eigenvalue weighted by Crippen LogP contribution is 2.39. The number of hydrogen-bond acceptors (Lipinski definition) is 5. The predicted octanol–water partition coefficient (Wildman–Crippen LogP) is 5.16. The molecule has 2 aromatic heterocycles. The molecule has 1 amide bonds. The van der Waals surface area contributed by atoms with Crippen LogP contribution in [-0.4, -0.2) is 40.4 Å². The molecule has 2 aliphatic rings. The van der Waals surface area contributed by atoms with Gasteiger partial charge >= 0.3 is 0 Å². The quantitative estimate of drug-likeness (QED) is 0.429. The smallest absolute Gasteiger partial charge is 0.226 e. The lowest BCUT2D eigenvalue weighted by molar-refractivity contribution is -0.137. The van der Waals surface area contributed by atoms with E-state index in [0.717, 1.165) is 61.5 Å². The van der Waals surface area contributed by atoms with Crippen LogP contribution in [0.5, 0.6) is 0 Å². The number of piperidine rings is 1. The maximum Gasteiger partial charge on any atom is 0.226 e. The molecule has 1 saturated heterocycles. The highest BCUT2D eigenvalue weighted by atomic mass is 32.1. The van der Waals surface area contributed by atoms with Gasteiger partial charge < -0.3 is 9.80 Å². The summed E-state index contributed by atoms with van der Waals surface area (Å²) < 4.78 is 0. The van der Waals surface area contributed by atoms with Crippen LogP contribution in [0.15, 0.2) is 66.3 Å². The minimum absolute atomic E-state index is 0.0971. The molecule has 0 unspecified atom stereocenters. The Morgan fingerprint density at radius 3 is 2.48 bits per heavy atom. The summed E-state index contributed by atoms with van der Waals surface area (Å²) in [5, 5.41) is 3.31. The average Bonchev–Trinajstić information content (AvgIpc) is 3.33. The summed E-state index contributed by atoms with van der Waals surface area (Å²) in [7, 11) is 0. The van der Waals surface area contributed by atoms with Crippen molar-refractivity contribution in [2.75, 3.05) is 24.5 Å². The first kappa shape index (κ1) is 20.4. The van der Waals surface area contributed by atoms with Crippen molar-refractivity contribution in [2.24, 2.45) is 5.92 Å². The molecule has 0 N–H and O–H groups in total. The first-order valence-electron chi connectivity index (χ1n) is 11.7. The third-order valence-electron chi connectivity index (χ3n) is 7.02. The number of anilines is 1. The van der Waals surface area contributed by atoms with Gasteiger partial charge in [-0.2, -0.15) is 0 Å². The first-order valence-corrected chi connectivity index (χ1v) is 12.5. The Labute approximate surface area is 197 Å². The van der Waals surface area contributed by atoms with Gasteiger partial charge in [-0.3, -0.25) is 4.79 Å². The average molecular weight is 455 g/mol. The zero-order chi connectivity index (χ0) is 22.2. The molecule has 0 saturated carbocycles. The van der Waals surface area contributed by atoms with Crippen LogP contribution < -0.4 is 4.90 Å². The molecule has 4 aromatic rings. The molecule has 0 spiro atoms. The van der Waals surface area contributed by atoms with E-state index in [1.165, 1.54) is 22.3 Å². The second-order valence-electron chi connectivity index (χ2n) is 8.93. The lowest BCUT2D eigenvalue weighted by atomic mass is 9.93. The Hall–Kier alpha value is -3.25. The Morgan fingerprint density at radius 2 is 1.67 bits per heavy atom. The molecule has 0 aliphatic carbocycles. The van der Waals surface area contributed by atoms with Gasteiger partial charge in [0.1, 0.15) is 17.0 Å². The van der Waals surface area contributed by atoms with Crippen LogP contribution in [0.2, 0.25) is 0 Å². The van der Waals surface area contributed by atoms with E-state index < -0.39 is 0 Å². The minimum Gasteiger partial charge on any atom is -0.356 e. The van der Waals surface area contributed by atoms with E-state index in [9.17, 15) is 4.79 Å². The maximum absolute atomic E-state index is 13.3. The molecular formula is C27H26N4OS. The lowest BCUT2D eigenvalue weighted by Crippen LogP contribution is -2.44. The van der Waals surface area contributed by atoms with E-state index >= 15 is 0 Å². The second kappa shape index (κ2) is 8.60. The van der Waals surface area contributed by atoms with Crippen LogP contribution in [0.1, 0.15) is 24.0 Å². The Kier molecular flexibility index (Phi) is 5.30. The molecule has 5 nitrogen and oxygen atoms in total. The highest BCUT2D eigenvalue weighted by Gasteiger charge is 2.31. The van der Waals surface area contributed by atoms with Crippen LogP contribution in [0.3, 0.4) is 0 Å². The van der Waals surface area contributed by atoms with Crippen molar-refractivity contribution >= 4 is 33.3 Å². The van der Waals surface area contributed by atoms with Gasteiger partial charge in [-0.1, -0.05) is 54.6 Å². The zero-order valence-electron chi connectivity index (χ0n) is 18.5. The molecule has 0 bridgehead atoms. The number of hydrogen-bond donors (Lipinski definition) is 0. The molecule has 6 rings (SSSR count). The van der Waals surface area contributed by atoms with Gasteiger partial charge in [-0.05, 0) is 36.0 Å². The number of amides is 1. The number of rotatable bonds is 3. The van der Waals surface area contributed by atoms with Crippen molar-refractivity contribution in [1.29, 1.82) is 0 Å². The largest absolute Gasteiger partial charge is 0.356 e. The Bertz CT molecular complexity index is 1290. The molecule has 33 heavy (non-hydrogen) atoms. The molecule has 166 valence electrons. The normalized spacial score (nSPS) is 16.7. The number of benzene rings is 2. The third-order valence-corrected chi connectivity index (χ3v) is 7.91. The maximum atomic E-state index is 13.3. The zero-order valence-corrected chi connectivity index (χ0v) is 19.3. The summed E-state index contributed by atoms with van der Waals surface area (Å²) in [5.74, 6) is 1.41. The van der Waals surface area contributed by atoms with Crippen LogP contribution in [0, 0.1) is 5.92 Å². The highest BCUT2D eigenvalue weighted by molar-refractivity contribution is 7.17. The molecule has 0 radical (unpaired) electrons. The molecule has 0 atom stereocenters. The van der Waals surface area contributed by atoms with E-state index in [-0.39, 0.29) is 5.92 Å². The number of thiophene rings is 1. The van der Waals surface area contributed by atoms with Crippen LogP contribution in [0.25, 0.3) is 21.3 Å². The number of carbonyl (C=O) groups is 1. The number of nitrogens with zero attached hydrogens (tertiary/aromatic N) is 4. The standard InChI is InChI=1S/C27H26N4OS/c32-27(31-15-10-19-6-4-5-9-22(19)16-31)21-11-13-30(14-12-21)25-24-23(20-7-2-1-3-8-20)17-33-26(24)29-18-28-25/h1-9,17-18,21H,10-16H2. The van der Waals surface area contributed by atoms with Gasteiger partial charge in [0.25, 0.3) is 0 Å². The fourth-order valence-corrected chi connectivity index (χ4v) is 6.12. The van der Waals surface area contributed by atoms with Gasteiger partial charge in [-0.15, -0.1) is 11.3 Å². The van der Waals surface area contributed by atoms with Crippen LogP contribution in [0.4, 0.5) is 5.82 Å². The number of fused-ring (bicyclic) bond motifs is 2. The van der Waals surface area contributed by atoms with E-state index in [1.54, 1.807) is 17.7 Å². The monoisotopic (exact) mass is 454 g/mol. The summed E-state index contributed by atoms with van der Waals surface area (Å²) in [6.45, 7) is 3.27. The lowest BCUT2D eigenvalue weighted by Gasteiger charge is -2.36. The molecule has 2 aromatic carbocycles. The fraction of sp³-hybridized carbons (Fsp3) is 0.296. The van der Waals surface area contributed by atoms with Crippen molar-refractivity contribution in [2.45, 2.75) is 25.8 Å². The summed E-state index contributed by atoms with van der Waals surface area (Å²) in [5.41, 5.74) is 5.06. The molecule has 2 aliphatic heterocycles. The summed E-state index contributed by atoms with van der Waals surface area (Å²) in [6, 6.07) is 19.0. The number of aromatic nitrogens is 2. The summed E-state index contributed by atoms with van der Waals surface area (Å²) in [6.07, 6.45) is 4.37. The van der Waals surface area contributed by atoms with Gasteiger partial charge in [0, 0.05) is 43.0 Å². The molecule has 4 heterocycles. The van der Waals surface area contributed by atoms with Crippen LogP contribution >= 0.6 is 11.3 Å². The van der Waals surface area contributed by atoms with Crippen molar-refractivity contribution in [1.82, 2.24) is 14.9 Å². The predicted molar refractivity (Wildman–Crippen MR) is 133 cm³/mol. The first-order chi connectivity index (χ1) is 16.3. The van der Waals surface area contributed by atoms with Crippen LogP contribution in [-0.2, 0) is 17.8 Å². The van der Waals surface area contributed by atoms with Gasteiger partial charge in [0.15, 0.2) is 0 Å². The third kappa shape index (κ3) is 3.78. The summed E-state index contributed by atoms with van der Waals surface area (Å²) >= 11 is 1.67. The van der Waals surface area contributed by atoms with E-state index in [1.807, 2.05) is 6.07 Å². The second-order valence-corrected chi connectivity index (χ2v) is 9.79. The Balaban J connectivity index is 1.19. The molecule has 6 heteroatoms. The van der Waals surface area contributed by atoms with Gasteiger partial charge in [0.2, 0.25) is 5.91 Å². The molecular weight excluding hydrogens is 428 g/mol.